The highest BCUT2D eigenvalue weighted by atomic mass is 79.9. The van der Waals surface area contributed by atoms with E-state index in [0.29, 0.717) is 12.1 Å². The second-order valence-electron chi connectivity index (χ2n) is 4.83. The molecule has 0 bridgehead atoms. The Kier molecular flexibility index (Phi) is 6.70. The number of halogens is 1. The highest BCUT2D eigenvalue weighted by Crippen LogP contribution is 2.19. The zero-order chi connectivity index (χ0) is 12.8. The van der Waals surface area contributed by atoms with E-state index in [9.17, 15) is 0 Å². The van der Waals surface area contributed by atoms with Gasteiger partial charge in [-0.15, -0.1) is 11.3 Å². The van der Waals surface area contributed by atoms with Gasteiger partial charge in [-0.2, -0.15) is 0 Å². The van der Waals surface area contributed by atoms with Crippen LogP contribution in [0.3, 0.4) is 0 Å². The molecule has 4 heteroatoms. The van der Waals surface area contributed by atoms with E-state index in [2.05, 4.69) is 65.3 Å². The molecule has 0 aromatic carbocycles. The van der Waals surface area contributed by atoms with Gasteiger partial charge < -0.3 is 5.32 Å². The van der Waals surface area contributed by atoms with E-state index >= 15 is 0 Å². The van der Waals surface area contributed by atoms with Crippen LogP contribution in [0.2, 0.25) is 0 Å². The number of rotatable bonds is 7. The van der Waals surface area contributed by atoms with E-state index in [-0.39, 0.29) is 0 Å². The standard InChI is InChI=1S/C13H23BrN2S/c1-10(2)16(11(3)4)6-5-15-8-13-7-12(14)9-17-13/h7,9-11,15H,5-6,8H2,1-4H3. The molecule has 1 N–H and O–H groups in total. The van der Waals surface area contributed by atoms with Gasteiger partial charge in [0.05, 0.1) is 0 Å². The van der Waals surface area contributed by atoms with E-state index < -0.39 is 0 Å². The summed E-state index contributed by atoms with van der Waals surface area (Å²) in [5.41, 5.74) is 0. The molecule has 2 nitrogen and oxygen atoms in total. The van der Waals surface area contributed by atoms with Crippen molar-refractivity contribution >= 4 is 27.3 Å². The highest BCUT2D eigenvalue weighted by Gasteiger charge is 2.12. The fourth-order valence-corrected chi connectivity index (χ4v) is 3.40. The van der Waals surface area contributed by atoms with Crippen LogP contribution in [0.1, 0.15) is 32.6 Å². The maximum absolute atomic E-state index is 3.50. The van der Waals surface area contributed by atoms with Gasteiger partial charge in [-0.05, 0) is 49.7 Å². The van der Waals surface area contributed by atoms with E-state index in [1.807, 2.05) is 0 Å². The predicted octanol–water partition coefficient (Wildman–Crippen LogP) is 3.72. The summed E-state index contributed by atoms with van der Waals surface area (Å²) in [6, 6.07) is 3.42. The third-order valence-electron chi connectivity index (χ3n) is 2.79. The summed E-state index contributed by atoms with van der Waals surface area (Å²) in [4.78, 5) is 3.90. The summed E-state index contributed by atoms with van der Waals surface area (Å²) in [5.74, 6) is 0. The summed E-state index contributed by atoms with van der Waals surface area (Å²) >= 11 is 5.27. The van der Waals surface area contributed by atoms with Crippen molar-refractivity contribution in [2.24, 2.45) is 0 Å². The average Bonchev–Trinajstić information content (AvgIpc) is 2.62. The normalized spacial score (nSPS) is 12.0. The first kappa shape index (κ1) is 15.2. The van der Waals surface area contributed by atoms with Gasteiger partial charge in [0, 0.05) is 46.4 Å². The van der Waals surface area contributed by atoms with Crippen LogP contribution in [0.15, 0.2) is 15.9 Å². The molecule has 0 spiro atoms. The van der Waals surface area contributed by atoms with Gasteiger partial charge in [0.25, 0.3) is 0 Å². The van der Waals surface area contributed by atoms with Crippen molar-refractivity contribution in [3.05, 3.63) is 20.8 Å². The number of thiophene rings is 1. The van der Waals surface area contributed by atoms with Crippen molar-refractivity contribution in [1.29, 1.82) is 0 Å². The van der Waals surface area contributed by atoms with Gasteiger partial charge in [0.2, 0.25) is 0 Å². The number of nitrogens with zero attached hydrogens (tertiary/aromatic N) is 1. The zero-order valence-corrected chi connectivity index (χ0v) is 13.6. The maximum atomic E-state index is 3.50. The molecule has 1 aromatic heterocycles. The van der Waals surface area contributed by atoms with Gasteiger partial charge in [-0.25, -0.2) is 0 Å². The Balaban J connectivity index is 2.23. The largest absolute Gasteiger partial charge is 0.311 e. The van der Waals surface area contributed by atoms with E-state index in [1.54, 1.807) is 11.3 Å². The predicted molar refractivity (Wildman–Crippen MR) is 80.7 cm³/mol. The molecule has 0 aliphatic carbocycles. The first-order chi connectivity index (χ1) is 8.00. The molecule has 0 aliphatic heterocycles. The molecule has 0 radical (unpaired) electrons. The van der Waals surface area contributed by atoms with Crippen LogP contribution in [-0.4, -0.2) is 30.1 Å². The Labute approximate surface area is 118 Å². The summed E-state index contributed by atoms with van der Waals surface area (Å²) in [6.07, 6.45) is 0. The van der Waals surface area contributed by atoms with Crippen LogP contribution in [0.5, 0.6) is 0 Å². The second-order valence-corrected chi connectivity index (χ2v) is 6.74. The molecule has 1 heterocycles. The Morgan fingerprint density at radius 3 is 2.41 bits per heavy atom. The molecule has 1 rings (SSSR count). The lowest BCUT2D eigenvalue weighted by Crippen LogP contribution is -2.41. The minimum Gasteiger partial charge on any atom is -0.311 e. The van der Waals surface area contributed by atoms with Crippen molar-refractivity contribution in [1.82, 2.24) is 10.2 Å². The Bertz CT molecular complexity index is 315. The molecular formula is C13H23BrN2S. The average molecular weight is 319 g/mol. The van der Waals surface area contributed by atoms with E-state index in [0.717, 1.165) is 19.6 Å². The van der Waals surface area contributed by atoms with Gasteiger partial charge in [0.1, 0.15) is 0 Å². The van der Waals surface area contributed by atoms with Gasteiger partial charge in [-0.3, -0.25) is 4.90 Å². The van der Waals surface area contributed by atoms with Gasteiger partial charge >= 0.3 is 0 Å². The minimum atomic E-state index is 0.618. The van der Waals surface area contributed by atoms with Crippen molar-refractivity contribution in [3.63, 3.8) is 0 Å². The molecule has 17 heavy (non-hydrogen) atoms. The number of hydrogen-bond donors (Lipinski definition) is 1. The first-order valence-corrected chi connectivity index (χ1v) is 7.87. The molecule has 0 atom stereocenters. The second kappa shape index (κ2) is 7.52. The van der Waals surface area contributed by atoms with Crippen molar-refractivity contribution < 1.29 is 0 Å². The summed E-state index contributed by atoms with van der Waals surface area (Å²) < 4.78 is 1.19. The lowest BCUT2D eigenvalue weighted by Gasteiger charge is -2.30. The fraction of sp³-hybridized carbons (Fsp3) is 0.692. The molecular weight excluding hydrogens is 296 g/mol. The lowest BCUT2D eigenvalue weighted by molar-refractivity contribution is 0.176. The lowest BCUT2D eigenvalue weighted by atomic mass is 10.2. The van der Waals surface area contributed by atoms with E-state index in [4.69, 9.17) is 0 Å². The molecule has 0 aliphatic rings. The van der Waals surface area contributed by atoms with Crippen molar-refractivity contribution in [2.75, 3.05) is 13.1 Å². The third-order valence-corrected chi connectivity index (χ3v) is 4.49. The zero-order valence-electron chi connectivity index (χ0n) is 11.2. The van der Waals surface area contributed by atoms with Crippen molar-refractivity contribution in [3.8, 4) is 0 Å². The molecule has 0 saturated carbocycles. The summed E-state index contributed by atoms with van der Waals surface area (Å²) in [6.45, 7) is 12.2. The smallest absolute Gasteiger partial charge is 0.0300 e. The molecule has 0 amide bonds. The van der Waals surface area contributed by atoms with Crippen LogP contribution in [-0.2, 0) is 6.54 Å². The number of hydrogen-bond acceptors (Lipinski definition) is 3. The molecule has 0 unspecified atom stereocenters. The number of nitrogens with one attached hydrogen (secondary N) is 1. The Hall–Kier alpha value is 0.1000. The molecule has 0 fully saturated rings. The van der Waals surface area contributed by atoms with Gasteiger partial charge in [0.15, 0.2) is 0 Å². The monoisotopic (exact) mass is 318 g/mol. The van der Waals surface area contributed by atoms with Crippen LogP contribution in [0.25, 0.3) is 0 Å². The summed E-state index contributed by atoms with van der Waals surface area (Å²) in [5, 5.41) is 5.63. The van der Waals surface area contributed by atoms with Crippen LogP contribution in [0, 0.1) is 0 Å². The molecule has 1 aromatic rings. The fourth-order valence-electron chi connectivity index (χ4n) is 1.98. The Morgan fingerprint density at radius 2 is 1.94 bits per heavy atom. The summed E-state index contributed by atoms with van der Waals surface area (Å²) in [7, 11) is 0. The molecule has 0 saturated heterocycles. The molecule has 98 valence electrons. The SMILES string of the molecule is CC(C)N(CCNCc1cc(Br)cs1)C(C)C. The maximum Gasteiger partial charge on any atom is 0.0300 e. The Morgan fingerprint density at radius 1 is 1.29 bits per heavy atom. The third kappa shape index (κ3) is 5.51. The van der Waals surface area contributed by atoms with Crippen LogP contribution in [0.4, 0.5) is 0 Å². The first-order valence-electron chi connectivity index (χ1n) is 6.20. The topological polar surface area (TPSA) is 15.3 Å². The van der Waals surface area contributed by atoms with Crippen LogP contribution >= 0.6 is 27.3 Å². The van der Waals surface area contributed by atoms with Crippen molar-refractivity contribution in [2.45, 2.75) is 46.3 Å². The van der Waals surface area contributed by atoms with Gasteiger partial charge in [-0.1, -0.05) is 0 Å². The van der Waals surface area contributed by atoms with E-state index in [1.165, 1.54) is 9.35 Å². The highest BCUT2D eigenvalue weighted by molar-refractivity contribution is 9.10. The van der Waals surface area contributed by atoms with Crippen LogP contribution < -0.4 is 5.32 Å². The quantitative estimate of drug-likeness (QED) is 0.771. The minimum absolute atomic E-state index is 0.618.